The highest BCUT2D eigenvalue weighted by Gasteiger charge is 2.19. The Balaban J connectivity index is 2.29. The first kappa shape index (κ1) is 13.7. The molecule has 0 amide bonds. The van der Waals surface area contributed by atoms with Gasteiger partial charge in [-0.2, -0.15) is 0 Å². The zero-order valence-corrected chi connectivity index (χ0v) is 11.5. The van der Waals surface area contributed by atoms with E-state index < -0.39 is 16.0 Å². The number of aromatic carboxylic acids is 1. The van der Waals surface area contributed by atoms with Gasteiger partial charge < -0.3 is 5.11 Å². The highest BCUT2D eigenvalue weighted by molar-refractivity contribution is 7.94. The molecule has 0 aliphatic carbocycles. The van der Waals surface area contributed by atoms with Crippen molar-refractivity contribution < 1.29 is 18.3 Å². The van der Waals surface area contributed by atoms with Crippen molar-refractivity contribution in [1.82, 2.24) is 9.97 Å². The van der Waals surface area contributed by atoms with E-state index in [0.717, 1.165) is 23.7 Å². The van der Waals surface area contributed by atoms with Crippen molar-refractivity contribution in [3.8, 4) is 0 Å². The molecule has 100 valence electrons. The lowest BCUT2D eigenvalue weighted by molar-refractivity contribution is 0.0697. The van der Waals surface area contributed by atoms with E-state index in [4.69, 9.17) is 16.7 Å². The molecule has 0 atom stereocenters. The van der Waals surface area contributed by atoms with Gasteiger partial charge in [-0.1, -0.05) is 11.6 Å². The molecular formula is C9H6ClN3O4S2. The first-order valence-corrected chi connectivity index (χ1v) is 7.45. The molecule has 0 saturated heterocycles. The van der Waals surface area contributed by atoms with E-state index in [0.29, 0.717) is 0 Å². The number of thiophene rings is 1. The summed E-state index contributed by atoms with van der Waals surface area (Å²) in [5.74, 6) is -1.19. The van der Waals surface area contributed by atoms with Gasteiger partial charge in [0.1, 0.15) is 21.5 Å². The van der Waals surface area contributed by atoms with Gasteiger partial charge in [0.05, 0.1) is 5.56 Å². The molecule has 2 aromatic heterocycles. The van der Waals surface area contributed by atoms with E-state index in [2.05, 4.69) is 14.7 Å². The summed E-state index contributed by atoms with van der Waals surface area (Å²) in [5.41, 5.74) is -0.0916. The van der Waals surface area contributed by atoms with E-state index in [1.54, 1.807) is 0 Å². The number of nitrogens with one attached hydrogen (secondary N) is 1. The third kappa shape index (κ3) is 3.19. The van der Waals surface area contributed by atoms with Crippen molar-refractivity contribution >= 4 is 44.7 Å². The molecule has 0 fully saturated rings. The fraction of sp³-hybridized carbons (Fsp3) is 0. The number of nitrogens with zero attached hydrogens (tertiary/aromatic N) is 2. The second kappa shape index (κ2) is 5.11. The molecule has 2 N–H and O–H groups in total. The topological polar surface area (TPSA) is 109 Å². The van der Waals surface area contributed by atoms with Crippen molar-refractivity contribution in [1.29, 1.82) is 0 Å². The number of hydrogen-bond donors (Lipinski definition) is 2. The van der Waals surface area contributed by atoms with E-state index in [-0.39, 0.29) is 20.7 Å². The maximum absolute atomic E-state index is 12.0. The van der Waals surface area contributed by atoms with Gasteiger partial charge in [-0.15, -0.1) is 11.3 Å². The molecule has 0 unspecified atom stereocenters. The van der Waals surface area contributed by atoms with Crippen LogP contribution in [0.15, 0.2) is 28.0 Å². The Hall–Kier alpha value is -1.71. The Morgan fingerprint density at radius 3 is 2.68 bits per heavy atom. The van der Waals surface area contributed by atoms with Crippen molar-refractivity contribution in [3.05, 3.63) is 34.6 Å². The zero-order valence-electron chi connectivity index (χ0n) is 9.07. The van der Waals surface area contributed by atoms with Gasteiger partial charge in [0.2, 0.25) is 0 Å². The number of hydrogen-bond acceptors (Lipinski definition) is 6. The minimum atomic E-state index is -3.89. The average Bonchev–Trinajstić information content (AvgIpc) is 2.78. The molecule has 0 saturated carbocycles. The van der Waals surface area contributed by atoms with Crippen LogP contribution in [-0.2, 0) is 10.0 Å². The summed E-state index contributed by atoms with van der Waals surface area (Å²) < 4.78 is 26.0. The number of anilines is 1. The largest absolute Gasteiger partial charge is 0.478 e. The van der Waals surface area contributed by atoms with E-state index in [1.807, 2.05) is 0 Å². The third-order valence-corrected chi connectivity index (χ3v) is 4.96. The number of carboxylic acid groups (broad SMARTS) is 1. The Kier molecular flexibility index (Phi) is 3.69. The number of sulfonamides is 1. The zero-order chi connectivity index (χ0) is 14.0. The maximum atomic E-state index is 12.0. The number of aromatic nitrogens is 2. The second-order valence-corrected chi connectivity index (χ2v) is 6.50. The van der Waals surface area contributed by atoms with E-state index in [9.17, 15) is 13.2 Å². The SMILES string of the molecule is O=C(O)c1csc(S(=O)(=O)Nc2cc(Cl)ncn2)c1. The van der Waals surface area contributed by atoms with Gasteiger partial charge in [0.15, 0.2) is 0 Å². The number of halogens is 1. The first-order valence-electron chi connectivity index (χ1n) is 4.71. The molecule has 2 heterocycles. The van der Waals surface area contributed by atoms with Crippen LogP contribution in [0.3, 0.4) is 0 Å². The van der Waals surface area contributed by atoms with Crippen LogP contribution in [0.1, 0.15) is 10.4 Å². The van der Waals surface area contributed by atoms with Gasteiger partial charge >= 0.3 is 5.97 Å². The van der Waals surface area contributed by atoms with Gasteiger partial charge in [-0.3, -0.25) is 4.72 Å². The fourth-order valence-corrected chi connectivity index (χ4v) is 3.45. The van der Waals surface area contributed by atoms with Crippen LogP contribution in [0.4, 0.5) is 5.82 Å². The van der Waals surface area contributed by atoms with Crippen molar-refractivity contribution in [2.75, 3.05) is 4.72 Å². The van der Waals surface area contributed by atoms with Gasteiger partial charge in [0, 0.05) is 11.4 Å². The fourth-order valence-electron chi connectivity index (χ4n) is 1.15. The van der Waals surface area contributed by atoms with Crippen LogP contribution in [-0.4, -0.2) is 29.5 Å². The molecule has 10 heteroatoms. The highest BCUT2D eigenvalue weighted by Crippen LogP contribution is 2.22. The molecule has 0 aliphatic heterocycles. The molecule has 0 radical (unpaired) electrons. The van der Waals surface area contributed by atoms with Crippen molar-refractivity contribution in [3.63, 3.8) is 0 Å². The van der Waals surface area contributed by atoms with Crippen molar-refractivity contribution in [2.45, 2.75) is 4.21 Å². The standard InChI is InChI=1S/C9H6ClN3O4S2/c10-6-2-7(12-4-11-6)13-19(16,17)8-1-5(3-18-8)9(14)15/h1-4H,(H,14,15)(H,11,12,13). The lowest BCUT2D eigenvalue weighted by Crippen LogP contribution is -2.12. The van der Waals surface area contributed by atoms with Crippen LogP contribution in [0.5, 0.6) is 0 Å². The molecule has 0 aliphatic rings. The highest BCUT2D eigenvalue weighted by atomic mass is 35.5. The lowest BCUT2D eigenvalue weighted by Gasteiger charge is -2.04. The molecule has 7 nitrogen and oxygen atoms in total. The Morgan fingerprint density at radius 1 is 1.37 bits per heavy atom. The third-order valence-electron chi connectivity index (χ3n) is 1.96. The van der Waals surface area contributed by atoms with Crippen LogP contribution in [0.25, 0.3) is 0 Å². The van der Waals surface area contributed by atoms with Crippen LogP contribution in [0, 0.1) is 0 Å². The van der Waals surface area contributed by atoms with Gasteiger partial charge in [0.25, 0.3) is 10.0 Å². The Labute approximate surface area is 117 Å². The molecule has 19 heavy (non-hydrogen) atoms. The predicted molar refractivity (Wildman–Crippen MR) is 69.1 cm³/mol. The summed E-state index contributed by atoms with van der Waals surface area (Å²) in [6, 6.07) is 2.31. The van der Waals surface area contributed by atoms with Gasteiger partial charge in [-0.05, 0) is 6.07 Å². The molecule has 2 aromatic rings. The molecular weight excluding hydrogens is 314 g/mol. The summed E-state index contributed by atoms with van der Waals surface area (Å²) in [5, 5.41) is 10.1. The number of rotatable bonds is 4. The summed E-state index contributed by atoms with van der Waals surface area (Å²) >= 11 is 6.40. The van der Waals surface area contributed by atoms with Crippen molar-refractivity contribution in [2.24, 2.45) is 0 Å². The van der Waals surface area contributed by atoms with E-state index in [1.165, 1.54) is 11.4 Å². The quantitative estimate of drug-likeness (QED) is 0.830. The second-order valence-electron chi connectivity index (χ2n) is 3.29. The summed E-state index contributed by atoms with van der Waals surface area (Å²) in [7, 11) is -3.89. The molecule has 2 rings (SSSR count). The lowest BCUT2D eigenvalue weighted by atomic mass is 10.4. The minimum absolute atomic E-state index is 0.00488. The van der Waals surface area contributed by atoms with Crippen LogP contribution < -0.4 is 4.72 Å². The van der Waals surface area contributed by atoms with Crippen LogP contribution in [0.2, 0.25) is 5.15 Å². The summed E-state index contributed by atoms with van der Waals surface area (Å²) in [4.78, 5) is 18.0. The van der Waals surface area contributed by atoms with Gasteiger partial charge in [-0.25, -0.2) is 23.2 Å². The first-order chi connectivity index (χ1) is 8.88. The molecule has 0 spiro atoms. The molecule has 0 aromatic carbocycles. The number of carbonyl (C=O) groups is 1. The molecule has 0 bridgehead atoms. The monoisotopic (exact) mass is 319 g/mol. The predicted octanol–water partition coefficient (Wildman–Crippen LogP) is 1.69. The minimum Gasteiger partial charge on any atom is -0.478 e. The van der Waals surface area contributed by atoms with Crippen LogP contribution >= 0.6 is 22.9 Å². The van der Waals surface area contributed by atoms with E-state index >= 15 is 0 Å². The normalized spacial score (nSPS) is 11.2. The maximum Gasteiger partial charge on any atom is 0.336 e. The Bertz CT molecular complexity index is 729. The summed E-state index contributed by atoms with van der Waals surface area (Å²) in [6.45, 7) is 0. The Morgan fingerprint density at radius 2 is 2.11 bits per heavy atom. The smallest absolute Gasteiger partial charge is 0.336 e. The average molecular weight is 320 g/mol. The number of carboxylic acids is 1. The summed E-state index contributed by atoms with van der Waals surface area (Å²) in [6.07, 6.45) is 1.11.